The van der Waals surface area contributed by atoms with Crippen molar-refractivity contribution in [3.8, 4) is 0 Å². The Kier molecular flexibility index (Phi) is 6.00. The molecule has 0 saturated heterocycles. The first kappa shape index (κ1) is 13.0. The van der Waals surface area contributed by atoms with Crippen LogP contribution in [0.25, 0.3) is 0 Å². The van der Waals surface area contributed by atoms with Crippen molar-refractivity contribution in [2.75, 3.05) is 6.54 Å². The van der Waals surface area contributed by atoms with E-state index in [1.54, 1.807) is 0 Å². The van der Waals surface area contributed by atoms with Crippen LogP contribution in [0.1, 0.15) is 40.5 Å². The third kappa shape index (κ3) is 6.52. The fraction of sp³-hybridized carbons (Fsp3) is 0.727. The minimum atomic E-state index is -0.273. The van der Waals surface area contributed by atoms with Gasteiger partial charge in [0.1, 0.15) is 0 Å². The van der Waals surface area contributed by atoms with Crippen LogP contribution >= 0.6 is 0 Å². The zero-order chi connectivity index (χ0) is 11.0. The quantitative estimate of drug-likeness (QED) is 0.517. The van der Waals surface area contributed by atoms with Crippen molar-refractivity contribution >= 4 is 6.03 Å². The lowest BCUT2D eigenvalue weighted by molar-refractivity contribution is 0.234. The SMILES string of the molecule is CC=CC(C)(C)NC(=O)NCCCC. The number of hydrogen-bond acceptors (Lipinski definition) is 1. The molecule has 3 nitrogen and oxygen atoms in total. The Morgan fingerprint density at radius 2 is 2.07 bits per heavy atom. The summed E-state index contributed by atoms with van der Waals surface area (Å²) in [6.07, 6.45) is 6.02. The summed E-state index contributed by atoms with van der Waals surface area (Å²) in [5.74, 6) is 0. The second-order valence-corrected chi connectivity index (χ2v) is 3.96. The number of urea groups is 1. The molecule has 0 saturated carbocycles. The Morgan fingerprint density at radius 3 is 2.57 bits per heavy atom. The summed E-state index contributed by atoms with van der Waals surface area (Å²) in [7, 11) is 0. The van der Waals surface area contributed by atoms with Gasteiger partial charge in [0, 0.05) is 6.54 Å². The fourth-order valence-corrected chi connectivity index (χ4v) is 1.17. The lowest BCUT2D eigenvalue weighted by Crippen LogP contribution is -2.47. The van der Waals surface area contributed by atoms with Crippen molar-refractivity contribution in [3.63, 3.8) is 0 Å². The molecule has 0 fully saturated rings. The monoisotopic (exact) mass is 198 g/mol. The van der Waals surface area contributed by atoms with Gasteiger partial charge in [0.05, 0.1) is 5.54 Å². The summed E-state index contributed by atoms with van der Waals surface area (Å²) in [5.41, 5.74) is -0.273. The molecule has 2 amide bonds. The summed E-state index contributed by atoms with van der Waals surface area (Å²) < 4.78 is 0. The van der Waals surface area contributed by atoms with Crippen LogP contribution in [0.5, 0.6) is 0 Å². The zero-order valence-electron chi connectivity index (χ0n) is 9.68. The molecule has 0 bridgehead atoms. The van der Waals surface area contributed by atoms with Crippen molar-refractivity contribution in [2.24, 2.45) is 0 Å². The zero-order valence-corrected chi connectivity index (χ0v) is 9.68. The molecule has 82 valence electrons. The highest BCUT2D eigenvalue weighted by atomic mass is 16.2. The molecule has 0 radical (unpaired) electrons. The third-order valence-corrected chi connectivity index (χ3v) is 1.83. The van der Waals surface area contributed by atoms with E-state index in [1.807, 2.05) is 32.9 Å². The lowest BCUT2D eigenvalue weighted by Gasteiger charge is -2.22. The molecule has 0 aliphatic rings. The first-order valence-corrected chi connectivity index (χ1v) is 5.21. The molecule has 0 aliphatic carbocycles. The van der Waals surface area contributed by atoms with Crippen LogP contribution in [-0.2, 0) is 0 Å². The van der Waals surface area contributed by atoms with Crippen molar-refractivity contribution in [1.29, 1.82) is 0 Å². The molecule has 0 spiro atoms. The maximum atomic E-state index is 11.4. The molecular weight excluding hydrogens is 176 g/mol. The van der Waals surface area contributed by atoms with Gasteiger partial charge in [-0.3, -0.25) is 0 Å². The van der Waals surface area contributed by atoms with E-state index in [2.05, 4.69) is 17.6 Å². The van der Waals surface area contributed by atoms with Crippen molar-refractivity contribution in [1.82, 2.24) is 10.6 Å². The molecule has 3 heteroatoms. The molecule has 0 atom stereocenters. The Hall–Kier alpha value is -0.990. The molecule has 0 aromatic heterocycles. The summed E-state index contributed by atoms with van der Waals surface area (Å²) in [6.45, 7) is 8.72. The predicted octanol–water partition coefficient (Wildman–Crippen LogP) is 2.44. The molecule has 0 heterocycles. The number of carbonyl (C=O) groups is 1. The molecule has 0 aromatic carbocycles. The normalized spacial score (nSPS) is 11.7. The number of rotatable bonds is 5. The number of allylic oxidation sites excluding steroid dienone is 1. The van der Waals surface area contributed by atoms with Gasteiger partial charge in [0.25, 0.3) is 0 Å². The number of amides is 2. The van der Waals surface area contributed by atoms with Gasteiger partial charge < -0.3 is 10.6 Å². The minimum absolute atomic E-state index is 0.0958. The molecule has 14 heavy (non-hydrogen) atoms. The second kappa shape index (κ2) is 6.46. The van der Waals surface area contributed by atoms with Crippen LogP contribution in [0.4, 0.5) is 4.79 Å². The van der Waals surface area contributed by atoms with Gasteiger partial charge in [-0.1, -0.05) is 25.5 Å². The molecular formula is C11H22N2O. The Balaban J connectivity index is 3.81. The Morgan fingerprint density at radius 1 is 1.43 bits per heavy atom. The van der Waals surface area contributed by atoms with Crippen LogP contribution in [-0.4, -0.2) is 18.1 Å². The topological polar surface area (TPSA) is 41.1 Å². The largest absolute Gasteiger partial charge is 0.338 e. The highest BCUT2D eigenvalue weighted by Crippen LogP contribution is 2.03. The lowest BCUT2D eigenvalue weighted by atomic mass is 10.1. The van der Waals surface area contributed by atoms with Gasteiger partial charge in [-0.25, -0.2) is 4.79 Å². The van der Waals surface area contributed by atoms with E-state index >= 15 is 0 Å². The van der Waals surface area contributed by atoms with E-state index in [0.717, 1.165) is 19.4 Å². The van der Waals surface area contributed by atoms with Crippen LogP contribution in [0, 0.1) is 0 Å². The standard InChI is InChI=1S/C11H22N2O/c1-5-7-9-12-10(14)13-11(3,4)8-6-2/h6,8H,5,7,9H2,1-4H3,(H2,12,13,14). The first-order valence-electron chi connectivity index (χ1n) is 5.21. The second-order valence-electron chi connectivity index (χ2n) is 3.96. The van der Waals surface area contributed by atoms with Crippen molar-refractivity contribution in [3.05, 3.63) is 12.2 Å². The van der Waals surface area contributed by atoms with E-state index in [4.69, 9.17) is 0 Å². The molecule has 0 aliphatic heterocycles. The minimum Gasteiger partial charge on any atom is -0.338 e. The summed E-state index contributed by atoms with van der Waals surface area (Å²) in [4.78, 5) is 11.4. The van der Waals surface area contributed by atoms with Gasteiger partial charge in [0.15, 0.2) is 0 Å². The highest BCUT2D eigenvalue weighted by Gasteiger charge is 2.15. The van der Waals surface area contributed by atoms with E-state index in [1.165, 1.54) is 0 Å². The first-order chi connectivity index (χ1) is 6.52. The number of carbonyl (C=O) groups excluding carboxylic acids is 1. The molecule has 0 rings (SSSR count). The van der Waals surface area contributed by atoms with Gasteiger partial charge >= 0.3 is 6.03 Å². The molecule has 2 N–H and O–H groups in total. The van der Waals surface area contributed by atoms with Crippen LogP contribution in [0.2, 0.25) is 0 Å². The van der Waals surface area contributed by atoms with E-state index < -0.39 is 0 Å². The smallest absolute Gasteiger partial charge is 0.315 e. The van der Waals surface area contributed by atoms with Crippen LogP contribution < -0.4 is 10.6 Å². The van der Waals surface area contributed by atoms with Crippen molar-refractivity contribution < 1.29 is 4.79 Å². The van der Waals surface area contributed by atoms with Crippen molar-refractivity contribution in [2.45, 2.75) is 46.1 Å². The predicted molar refractivity (Wildman–Crippen MR) is 60.3 cm³/mol. The van der Waals surface area contributed by atoms with Crippen LogP contribution in [0.3, 0.4) is 0 Å². The van der Waals surface area contributed by atoms with Gasteiger partial charge in [-0.15, -0.1) is 0 Å². The number of hydrogen-bond donors (Lipinski definition) is 2. The number of nitrogens with one attached hydrogen (secondary N) is 2. The van der Waals surface area contributed by atoms with Gasteiger partial charge in [0.2, 0.25) is 0 Å². The average molecular weight is 198 g/mol. The summed E-state index contributed by atoms with van der Waals surface area (Å²) >= 11 is 0. The van der Waals surface area contributed by atoms with Gasteiger partial charge in [-0.2, -0.15) is 0 Å². The summed E-state index contributed by atoms with van der Waals surface area (Å²) in [5, 5.41) is 5.69. The van der Waals surface area contributed by atoms with Crippen LogP contribution in [0.15, 0.2) is 12.2 Å². The Bertz CT molecular complexity index is 197. The van der Waals surface area contributed by atoms with Gasteiger partial charge in [-0.05, 0) is 27.2 Å². The van der Waals surface area contributed by atoms with E-state index in [-0.39, 0.29) is 11.6 Å². The average Bonchev–Trinajstić information content (AvgIpc) is 2.03. The van der Waals surface area contributed by atoms with E-state index in [0.29, 0.717) is 0 Å². The molecule has 0 unspecified atom stereocenters. The maximum Gasteiger partial charge on any atom is 0.315 e. The van der Waals surface area contributed by atoms with E-state index in [9.17, 15) is 4.79 Å². The maximum absolute atomic E-state index is 11.4. The molecule has 0 aromatic rings. The number of unbranched alkanes of at least 4 members (excludes halogenated alkanes) is 1. The third-order valence-electron chi connectivity index (χ3n) is 1.83. The summed E-state index contributed by atoms with van der Waals surface area (Å²) in [6, 6.07) is -0.0958. The highest BCUT2D eigenvalue weighted by molar-refractivity contribution is 5.74. The fourth-order valence-electron chi connectivity index (χ4n) is 1.17. The Labute approximate surface area is 87.0 Å².